The molecule has 1 aromatic carbocycles. The van der Waals surface area contributed by atoms with Gasteiger partial charge in [0.2, 0.25) is 0 Å². The first-order valence-corrected chi connectivity index (χ1v) is 6.19. The van der Waals surface area contributed by atoms with E-state index < -0.39 is 18.0 Å². The minimum Gasteiger partial charge on any atom is -0.478 e. The average Bonchev–Trinajstić information content (AvgIpc) is 2.37. The second kappa shape index (κ2) is 5.24. The predicted octanol–water partition coefficient (Wildman–Crippen LogP) is 1.47. The van der Waals surface area contributed by atoms with Gasteiger partial charge >= 0.3 is 12.0 Å². The summed E-state index contributed by atoms with van der Waals surface area (Å²) in [7, 11) is 3.85. The molecule has 6 heteroatoms. The highest BCUT2D eigenvalue weighted by Gasteiger charge is 2.30. The lowest BCUT2D eigenvalue weighted by Crippen LogP contribution is -2.45. The Balaban J connectivity index is 2.41. The van der Waals surface area contributed by atoms with Crippen molar-refractivity contribution < 1.29 is 14.7 Å². The van der Waals surface area contributed by atoms with E-state index in [9.17, 15) is 14.7 Å². The van der Waals surface area contributed by atoms with Gasteiger partial charge in [-0.25, -0.2) is 9.59 Å². The Morgan fingerprint density at radius 1 is 1.25 bits per heavy atom. The lowest BCUT2D eigenvalue weighted by atomic mass is 9.95. The van der Waals surface area contributed by atoms with Gasteiger partial charge in [0.05, 0.1) is 11.6 Å². The van der Waals surface area contributed by atoms with Crippen molar-refractivity contribution in [1.82, 2.24) is 10.6 Å². The maximum Gasteiger partial charge on any atom is 0.335 e. The van der Waals surface area contributed by atoms with Crippen molar-refractivity contribution in [2.45, 2.75) is 13.0 Å². The molecule has 0 aromatic heterocycles. The molecule has 1 aromatic rings. The summed E-state index contributed by atoms with van der Waals surface area (Å²) in [6, 6.07) is 6.38. The minimum atomic E-state index is -1.04. The van der Waals surface area contributed by atoms with Gasteiger partial charge in [0.15, 0.2) is 0 Å². The zero-order valence-corrected chi connectivity index (χ0v) is 11.6. The highest BCUT2D eigenvalue weighted by Crippen LogP contribution is 2.27. The number of carbonyl (C=O) groups excluding carboxylic acids is 1. The highest BCUT2D eigenvalue weighted by molar-refractivity contribution is 5.93. The van der Waals surface area contributed by atoms with Gasteiger partial charge in [0.1, 0.15) is 0 Å². The molecule has 106 valence electrons. The molecule has 1 unspecified atom stereocenters. The fourth-order valence-electron chi connectivity index (χ4n) is 2.19. The fraction of sp³-hybridized carbons (Fsp3) is 0.286. The van der Waals surface area contributed by atoms with Crippen molar-refractivity contribution in [3.05, 3.63) is 41.1 Å². The molecule has 6 nitrogen and oxygen atoms in total. The van der Waals surface area contributed by atoms with E-state index in [4.69, 9.17) is 0 Å². The van der Waals surface area contributed by atoms with Crippen LogP contribution in [0.3, 0.4) is 0 Å². The lowest BCUT2D eigenvalue weighted by molar-refractivity contribution is -0.133. The Morgan fingerprint density at radius 3 is 2.35 bits per heavy atom. The first kappa shape index (κ1) is 13.9. The van der Waals surface area contributed by atoms with E-state index in [2.05, 4.69) is 10.6 Å². The average molecular weight is 275 g/mol. The Hall–Kier alpha value is -2.50. The second-order valence-electron chi connectivity index (χ2n) is 4.86. The quantitative estimate of drug-likeness (QED) is 0.780. The van der Waals surface area contributed by atoms with Gasteiger partial charge < -0.3 is 20.6 Å². The van der Waals surface area contributed by atoms with Crippen LogP contribution < -0.4 is 15.5 Å². The number of hydrogen-bond acceptors (Lipinski definition) is 3. The summed E-state index contributed by atoms with van der Waals surface area (Å²) in [5, 5.41) is 14.4. The van der Waals surface area contributed by atoms with Crippen molar-refractivity contribution in [2.75, 3.05) is 19.0 Å². The number of carboxylic acids is 1. The molecular formula is C14H17N3O3. The number of urea groups is 1. The van der Waals surface area contributed by atoms with E-state index in [1.54, 1.807) is 6.92 Å². The van der Waals surface area contributed by atoms with Crippen molar-refractivity contribution >= 4 is 17.7 Å². The molecule has 0 fully saturated rings. The van der Waals surface area contributed by atoms with Gasteiger partial charge in [-0.3, -0.25) is 0 Å². The number of anilines is 1. The summed E-state index contributed by atoms with van der Waals surface area (Å²) >= 11 is 0. The molecule has 1 aliphatic rings. The zero-order chi connectivity index (χ0) is 14.9. The third kappa shape index (κ3) is 2.59. The smallest absolute Gasteiger partial charge is 0.335 e. The van der Waals surface area contributed by atoms with E-state index in [1.807, 2.05) is 43.3 Å². The van der Waals surface area contributed by atoms with E-state index in [0.717, 1.165) is 11.3 Å². The molecule has 2 amide bonds. The van der Waals surface area contributed by atoms with Crippen LogP contribution in [-0.2, 0) is 4.79 Å². The first-order chi connectivity index (χ1) is 9.40. The summed E-state index contributed by atoms with van der Waals surface area (Å²) in [5.74, 6) is -1.04. The second-order valence-corrected chi connectivity index (χ2v) is 4.86. The van der Waals surface area contributed by atoms with Gasteiger partial charge in [0, 0.05) is 25.5 Å². The minimum absolute atomic E-state index is 0.155. The maximum atomic E-state index is 11.5. The van der Waals surface area contributed by atoms with Crippen LogP contribution in [0.1, 0.15) is 18.5 Å². The van der Waals surface area contributed by atoms with Crippen molar-refractivity contribution in [3.63, 3.8) is 0 Å². The molecule has 2 rings (SSSR count). The SMILES string of the molecule is CC1=C(C(=O)O)C(c2ccc(N(C)C)cc2)NC(=O)N1. The van der Waals surface area contributed by atoms with Crippen LogP contribution in [0.2, 0.25) is 0 Å². The largest absolute Gasteiger partial charge is 0.478 e. The van der Waals surface area contributed by atoms with E-state index in [-0.39, 0.29) is 5.57 Å². The highest BCUT2D eigenvalue weighted by atomic mass is 16.4. The van der Waals surface area contributed by atoms with Crippen LogP contribution in [0.4, 0.5) is 10.5 Å². The molecule has 20 heavy (non-hydrogen) atoms. The Labute approximate surface area is 117 Å². The van der Waals surface area contributed by atoms with Gasteiger partial charge in [-0.05, 0) is 24.6 Å². The number of hydrogen-bond donors (Lipinski definition) is 3. The molecule has 0 spiro atoms. The topological polar surface area (TPSA) is 81.7 Å². The molecule has 0 saturated carbocycles. The van der Waals surface area contributed by atoms with Crippen LogP contribution in [0.25, 0.3) is 0 Å². The van der Waals surface area contributed by atoms with Crippen LogP contribution in [-0.4, -0.2) is 31.2 Å². The van der Waals surface area contributed by atoms with Crippen LogP contribution in [0.5, 0.6) is 0 Å². The Morgan fingerprint density at radius 2 is 1.85 bits per heavy atom. The maximum absolute atomic E-state index is 11.5. The number of allylic oxidation sites excluding steroid dienone is 1. The third-order valence-electron chi connectivity index (χ3n) is 3.24. The molecular weight excluding hydrogens is 258 g/mol. The van der Waals surface area contributed by atoms with Gasteiger partial charge in [-0.2, -0.15) is 0 Å². The molecule has 0 radical (unpaired) electrons. The van der Waals surface area contributed by atoms with Crippen LogP contribution in [0.15, 0.2) is 35.5 Å². The van der Waals surface area contributed by atoms with Gasteiger partial charge in [-0.1, -0.05) is 12.1 Å². The van der Waals surface area contributed by atoms with Gasteiger partial charge in [0.25, 0.3) is 0 Å². The molecule has 0 aliphatic carbocycles. The summed E-state index contributed by atoms with van der Waals surface area (Å²) in [5.41, 5.74) is 2.26. The number of nitrogens with one attached hydrogen (secondary N) is 2. The fourth-order valence-corrected chi connectivity index (χ4v) is 2.19. The zero-order valence-electron chi connectivity index (χ0n) is 11.6. The number of rotatable bonds is 3. The number of amides is 2. The van der Waals surface area contributed by atoms with Gasteiger partial charge in [-0.15, -0.1) is 0 Å². The third-order valence-corrected chi connectivity index (χ3v) is 3.24. The predicted molar refractivity (Wildman–Crippen MR) is 75.5 cm³/mol. The van der Waals surface area contributed by atoms with Crippen molar-refractivity contribution in [2.24, 2.45) is 0 Å². The number of carbonyl (C=O) groups is 2. The number of nitrogens with zero attached hydrogens (tertiary/aromatic N) is 1. The van der Waals surface area contributed by atoms with E-state index in [1.165, 1.54) is 0 Å². The Kier molecular flexibility index (Phi) is 3.65. The standard InChI is InChI=1S/C14H17N3O3/c1-8-11(13(18)19)12(16-14(20)15-8)9-4-6-10(7-5-9)17(2)3/h4-7,12H,1-3H3,(H,18,19)(H2,15,16,20). The van der Waals surface area contributed by atoms with E-state index >= 15 is 0 Å². The summed E-state index contributed by atoms with van der Waals surface area (Å²) in [4.78, 5) is 24.9. The van der Waals surface area contributed by atoms with Crippen LogP contribution >= 0.6 is 0 Å². The molecule has 1 atom stereocenters. The Bertz CT molecular complexity index is 576. The van der Waals surface area contributed by atoms with Crippen molar-refractivity contribution in [3.8, 4) is 0 Å². The number of carboxylic acid groups (broad SMARTS) is 1. The number of benzene rings is 1. The molecule has 1 heterocycles. The molecule has 3 N–H and O–H groups in total. The lowest BCUT2D eigenvalue weighted by Gasteiger charge is -2.27. The first-order valence-electron chi connectivity index (χ1n) is 6.19. The summed E-state index contributed by atoms with van der Waals surface area (Å²) < 4.78 is 0. The summed E-state index contributed by atoms with van der Waals surface area (Å²) in [6.45, 7) is 1.59. The summed E-state index contributed by atoms with van der Waals surface area (Å²) in [6.07, 6.45) is 0. The van der Waals surface area contributed by atoms with Crippen molar-refractivity contribution in [1.29, 1.82) is 0 Å². The normalized spacial score (nSPS) is 18.4. The monoisotopic (exact) mass is 275 g/mol. The molecule has 0 bridgehead atoms. The number of aliphatic carboxylic acids is 1. The van der Waals surface area contributed by atoms with Crippen LogP contribution in [0, 0.1) is 0 Å². The van der Waals surface area contributed by atoms with E-state index in [0.29, 0.717) is 5.70 Å². The molecule has 1 aliphatic heterocycles. The molecule has 0 saturated heterocycles.